The maximum atomic E-state index is 14.5. The number of nitrogens with zero attached hydrogens (tertiary/aromatic N) is 1. The number of halogens is 13. The Hall–Kier alpha value is -5.54. The third kappa shape index (κ3) is 22.4. The van der Waals surface area contributed by atoms with Crippen LogP contribution in [-0.4, -0.2) is 164 Å². The van der Waals surface area contributed by atoms with Crippen LogP contribution in [0.5, 0.6) is 11.5 Å². The van der Waals surface area contributed by atoms with Crippen LogP contribution in [0.3, 0.4) is 0 Å². The van der Waals surface area contributed by atoms with Gasteiger partial charge in [-0.1, -0.05) is 6.92 Å². The predicted octanol–water partition coefficient (Wildman–Crippen LogP) is 10.5. The molecule has 0 amide bonds. The molecule has 1 fully saturated rings. The largest absolute Gasteiger partial charge is 0.493 e. The van der Waals surface area contributed by atoms with E-state index < -0.39 is 96.4 Å². The Labute approximate surface area is 470 Å². The summed E-state index contributed by atoms with van der Waals surface area (Å²) >= 11 is 0. The van der Waals surface area contributed by atoms with Gasteiger partial charge in [-0.05, 0) is 106 Å². The van der Waals surface area contributed by atoms with E-state index >= 15 is 0 Å². The van der Waals surface area contributed by atoms with E-state index in [1.807, 2.05) is 6.07 Å². The number of nitriles is 1. The van der Waals surface area contributed by atoms with E-state index in [-0.39, 0.29) is 82.2 Å². The second-order valence-corrected chi connectivity index (χ2v) is 19.2. The molecule has 0 saturated heterocycles. The van der Waals surface area contributed by atoms with Gasteiger partial charge in [0.1, 0.15) is 11.5 Å². The third-order valence-electron chi connectivity index (χ3n) is 12.5. The molecule has 0 heterocycles. The number of rotatable bonds is 44. The fourth-order valence-corrected chi connectivity index (χ4v) is 7.48. The quantitative estimate of drug-likeness (QED) is 0.0215. The van der Waals surface area contributed by atoms with Gasteiger partial charge in [0.15, 0.2) is 0 Å². The molecule has 0 aliphatic heterocycles. The molecule has 83 heavy (non-hydrogen) atoms. The van der Waals surface area contributed by atoms with Crippen molar-refractivity contribution in [3.63, 3.8) is 0 Å². The predicted molar refractivity (Wildman–Crippen MR) is 263 cm³/mol. The number of ether oxygens (including phenoxy) is 10. The van der Waals surface area contributed by atoms with Crippen LogP contribution in [-0.2, 0) is 52.3 Å². The monoisotopic (exact) mass is 1220 g/mol. The zero-order valence-corrected chi connectivity index (χ0v) is 45.4. The summed E-state index contributed by atoms with van der Waals surface area (Å²) in [4.78, 5) is 52.3. The first-order valence-corrected chi connectivity index (χ1v) is 26.5. The fraction of sp³-hybridized carbons (Fsp3) is 0.685. The van der Waals surface area contributed by atoms with E-state index in [9.17, 15) is 76.3 Å². The summed E-state index contributed by atoms with van der Waals surface area (Å²) in [6.45, 7) is 3.69. The lowest BCUT2D eigenvalue weighted by Gasteiger charge is -2.39. The standard InChI is InChI=1S/C54H68F13NO15/c1-38(44(70)80-32-7-30-78-29-6-28-77-27-5-26-76-25-4-24-75-23-3-22-74-21-2-20-69)35-41(45(71)81-33-8-31-79-42-15-11-40(12-16-42)46(72)83-43-13-9-39(37-68)10-14-43)36-48(17-18-48)47(73)82-34-19-49(55,56)50(57,58)51(59,60)52(61,62)53(63,64)54(65,66)67/h9-16,38,41,69H,2-8,17-36H2,1H3. The second kappa shape index (κ2) is 34.4. The summed E-state index contributed by atoms with van der Waals surface area (Å²) in [5, 5.41) is 17.7. The van der Waals surface area contributed by atoms with Gasteiger partial charge in [0.2, 0.25) is 0 Å². The van der Waals surface area contributed by atoms with Crippen LogP contribution in [0.15, 0.2) is 48.5 Å². The van der Waals surface area contributed by atoms with E-state index in [0.717, 1.165) is 12.8 Å². The fourth-order valence-electron chi connectivity index (χ4n) is 7.48. The first kappa shape index (κ1) is 71.7. The number of aliphatic hydroxyl groups excluding tert-OH is 1. The van der Waals surface area contributed by atoms with Gasteiger partial charge < -0.3 is 52.5 Å². The first-order valence-electron chi connectivity index (χ1n) is 26.5. The Morgan fingerprint density at radius 1 is 0.542 bits per heavy atom. The number of hydrogen-bond donors (Lipinski definition) is 1. The maximum absolute atomic E-state index is 14.5. The topological polar surface area (TPSA) is 205 Å². The number of carbonyl (C=O) groups excluding carboxylic acids is 4. The molecular weight excluding hydrogens is 1150 g/mol. The molecule has 2 unspecified atom stereocenters. The van der Waals surface area contributed by atoms with Crippen LogP contribution in [0.1, 0.15) is 99.9 Å². The van der Waals surface area contributed by atoms with Crippen molar-refractivity contribution in [2.24, 2.45) is 17.3 Å². The van der Waals surface area contributed by atoms with Gasteiger partial charge in [0, 0.05) is 85.5 Å². The van der Waals surface area contributed by atoms with Crippen molar-refractivity contribution in [2.75, 3.05) is 99.1 Å². The van der Waals surface area contributed by atoms with Crippen LogP contribution in [0.25, 0.3) is 0 Å². The summed E-state index contributed by atoms with van der Waals surface area (Å²) in [7, 11) is 0. The highest BCUT2D eigenvalue weighted by molar-refractivity contribution is 5.91. The first-order chi connectivity index (χ1) is 39.1. The molecule has 0 bridgehead atoms. The van der Waals surface area contributed by atoms with Crippen molar-refractivity contribution in [1.82, 2.24) is 0 Å². The van der Waals surface area contributed by atoms with Gasteiger partial charge >= 0.3 is 59.7 Å². The second-order valence-electron chi connectivity index (χ2n) is 19.2. The number of benzene rings is 2. The molecule has 0 radical (unpaired) electrons. The lowest BCUT2D eigenvalue weighted by molar-refractivity contribution is -0.440. The van der Waals surface area contributed by atoms with Crippen LogP contribution in [0, 0.1) is 28.6 Å². The molecule has 2 aromatic carbocycles. The van der Waals surface area contributed by atoms with E-state index in [0.29, 0.717) is 84.3 Å². The lowest BCUT2D eigenvalue weighted by atomic mass is 9.85. The summed E-state index contributed by atoms with van der Waals surface area (Å²) in [5.41, 5.74) is -1.26. The van der Waals surface area contributed by atoms with E-state index in [2.05, 4.69) is 4.74 Å². The molecule has 2 aromatic rings. The van der Waals surface area contributed by atoms with Gasteiger partial charge in [-0.3, -0.25) is 14.4 Å². The number of esters is 4. The highest BCUT2D eigenvalue weighted by atomic mass is 19.4. The van der Waals surface area contributed by atoms with Gasteiger partial charge in [0.25, 0.3) is 0 Å². The molecule has 1 aliphatic carbocycles. The van der Waals surface area contributed by atoms with Crippen molar-refractivity contribution >= 4 is 23.9 Å². The minimum absolute atomic E-state index is 0.0398. The molecule has 0 aromatic heterocycles. The molecule has 2 atom stereocenters. The maximum Gasteiger partial charge on any atom is 0.460 e. The minimum Gasteiger partial charge on any atom is -0.493 e. The summed E-state index contributed by atoms with van der Waals surface area (Å²) in [5.74, 6) is -44.1. The summed E-state index contributed by atoms with van der Waals surface area (Å²) < 4.78 is 231. The Morgan fingerprint density at radius 3 is 1.43 bits per heavy atom. The average molecular weight is 1220 g/mol. The Balaban J connectivity index is 1.48. The van der Waals surface area contributed by atoms with E-state index in [1.54, 1.807) is 0 Å². The van der Waals surface area contributed by atoms with Crippen molar-refractivity contribution < 1.29 is 129 Å². The molecule has 1 aliphatic rings. The molecule has 0 spiro atoms. The molecular formula is C54H68F13NO15. The zero-order chi connectivity index (χ0) is 61.8. The number of hydrogen-bond acceptors (Lipinski definition) is 16. The number of aliphatic hydroxyl groups is 1. The zero-order valence-electron chi connectivity index (χ0n) is 45.4. The van der Waals surface area contributed by atoms with Crippen molar-refractivity contribution in [3.8, 4) is 17.6 Å². The Morgan fingerprint density at radius 2 is 0.976 bits per heavy atom. The van der Waals surface area contributed by atoms with Gasteiger partial charge in [-0.2, -0.15) is 62.3 Å². The van der Waals surface area contributed by atoms with Crippen LogP contribution in [0.2, 0.25) is 0 Å². The normalized spacial score (nSPS) is 14.5. The van der Waals surface area contributed by atoms with Crippen molar-refractivity contribution in [3.05, 3.63) is 59.7 Å². The number of carbonyl (C=O) groups is 4. The average Bonchev–Trinajstić information content (AvgIpc) is 4.37. The lowest BCUT2D eigenvalue weighted by Crippen LogP contribution is -2.70. The van der Waals surface area contributed by atoms with Crippen LogP contribution >= 0.6 is 0 Å². The third-order valence-corrected chi connectivity index (χ3v) is 12.5. The van der Waals surface area contributed by atoms with Gasteiger partial charge in [-0.25, -0.2) is 4.79 Å². The number of alkyl halides is 13. The molecule has 16 nitrogen and oxygen atoms in total. The van der Waals surface area contributed by atoms with E-state index in [1.165, 1.54) is 55.5 Å². The van der Waals surface area contributed by atoms with E-state index in [4.69, 9.17) is 53.0 Å². The van der Waals surface area contributed by atoms with Crippen molar-refractivity contribution in [2.45, 2.75) is 120 Å². The minimum atomic E-state index is -8.10. The molecule has 3 rings (SSSR count). The SMILES string of the molecule is CC(CC(CC1(C(=O)OCCC(F)(F)C(F)(F)C(F)(F)C(F)(F)C(F)(F)C(F)(F)F)CC1)C(=O)OCCCOc1ccc(C(=O)Oc2ccc(C#N)cc2)cc1)C(=O)OCCCOCCCOCCCOCCCOCCCOCCCO. The van der Waals surface area contributed by atoms with Crippen molar-refractivity contribution in [1.29, 1.82) is 5.26 Å². The highest BCUT2D eigenvalue weighted by Gasteiger charge is 2.90. The van der Waals surface area contributed by atoms with Crippen LogP contribution in [0.4, 0.5) is 57.1 Å². The molecule has 1 saturated carbocycles. The summed E-state index contributed by atoms with van der Waals surface area (Å²) in [6.07, 6.45) is -7.93. The molecule has 1 N–H and O–H groups in total. The Kier molecular flexibility index (Phi) is 29.7. The summed E-state index contributed by atoms with van der Waals surface area (Å²) in [6, 6.07) is 13.4. The van der Waals surface area contributed by atoms with Crippen LogP contribution < -0.4 is 9.47 Å². The highest BCUT2D eigenvalue weighted by Crippen LogP contribution is 2.61. The molecule has 470 valence electrons. The Bertz CT molecular complexity index is 2300. The smallest absolute Gasteiger partial charge is 0.460 e. The van der Waals surface area contributed by atoms with Gasteiger partial charge in [0.05, 0.1) is 67.3 Å². The molecule has 29 heteroatoms. The van der Waals surface area contributed by atoms with Gasteiger partial charge in [-0.15, -0.1) is 0 Å².